The highest BCUT2D eigenvalue weighted by atomic mass is 32.1. The van der Waals surface area contributed by atoms with Crippen LogP contribution in [0, 0.1) is 0 Å². The van der Waals surface area contributed by atoms with Crippen LogP contribution in [0.5, 0.6) is 0 Å². The molecule has 0 radical (unpaired) electrons. The fraction of sp³-hybridized carbons (Fsp3) is 0.316. The first-order chi connectivity index (χ1) is 12.1. The van der Waals surface area contributed by atoms with Crippen molar-refractivity contribution in [1.29, 1.82) is 0 Å². The van der Waals surface area contributed by atoms with Crippen molar-refractivity contribution in [3.05, 3.63) is 57.8 Å². The zero-order valence-electron chi connectivity index (χ0n) is 13.8. The summed E-state index contributed by atoms with van der Waals surface area (Å²) in [6.45, 7) is 0.954. The van der Waals surface area contributed by atoms with E-state index in [0.29, 0.717) is 18.7 Å². The molecular formula is C19H19NO4S. The highest BCUT2D eigenvalue weighted by Gasteiger charge is 2.22. The van der Waals surface area contributed by atoms with E-state index in [1.807, 2.05) is 17.5 Å². The van der Waals surface area contributed by atoms with Crippen LogP contribution in [-0.4, -0.2) is 35.7 Å². The van der Waals surface area contributed by atoms with Crippen molar-refractivity contribution in [3.63, 3.8) is 0 Å². The molecule has 0 fully saturated rings. The summed E-state index contributed by atoms with van der Waals surface area (Å²) in [5.74, 6) is -0.824. The molecule has 130 valence electrons. The summed E-state index contributed by atoms with van der Waals surface area (Å²) in [4.78, 5) is 38.9. The molecule has 0 bridgehead atoms. The summed E-state index contributed by atoms with van der Waals surface area (Å²) in [6.07, 6.45) is 0.910. The normalized spacial score (nSPS) is 13.2. The van der Waals surface area contributed by atoms with E-state index in [1.54, 1.807) is 40.5 Å². The largest absolute Gasteiger partial charge is 0.456 e. The van der Waals surface area contributed by atoms with Crippen LogP contribution in [-0.2, 0) is 27.3 Å². The lowest BCUT2D eigenvalue weighted by molar-refractivity contribution is -0.152. The van der Waals surface area contributed by atoms with Gasteiger partial charge >= 0.3 is 5.97 Å². The summed E-state index contributed by atoms with van der Waals surface area (Å²) < 4.78 is 5.03. The van der Waals surface area contributed by atoms with Gasteiger partial charge in [-0.1, -0.05) is 30.3 Å². The molecule has 0 unspecified atom stereocenters. The summed E-state index contributed by atoms with van der Waals surface area (Å²) in [5.41, 5.74) is 1.75. The van der Waals surface area contributed by atoms with Gasteiger partial charge in [-0.25, -0.2) is 0 Å². The van der Waals surface area contributed by atoms with Crippen molar-refractivity contribution in [1.82, 2.24) is 4.90 Å². The lowest BCUT2D eigenvalue weighted by Crippen LogP contribution is -2.38. The number of carbonyl (C=O) groups is 3. The molecule has 0 N–H and O–H groups in total. The third-order valence-corrected chi connectivity index (χ3v) is 5.19. The third kappa shape index (κ3) is 4.54. The number of carbonyl (C=O) groups excluding carboxylic acids is 3. The topological polar surface area (TPSA) is 63.7 Å². The highest BCUT2D eigenvalue weighted by molar-refractivity contribution is 7.10. The van der Waals surface area contributed by atoms with Gasteiger partial charge in [-0.15, -0.1) is 11.3 Å². The fourth-order valence-electron chi connectivity index (χ4n) is 2.75. The van der Waals surface area contributed by atoms with E-state index in [0.717, 1.165) is 6.42 Å². The van der Waals surface area contributed by atoms with E-state index in [-0.39, 0.29) is 31.1 Å². The monoisotopic (exact) mass is 357 g/mol. The predicted molar refractivity (Wildman–Crippen MR) is 94.4 cm³/mol. The number of benzene rings is 1. The zero-order chi connectivity index (χ0) is 17.6. The first kappa shape index (κ1) is 17.4. The minimum atomic E-state index is -0.522. The maximum absolute atomic E-state index is 12.2. The minimum absolute atomic E-state index is 0.0182. The molecule has 2 heterocycles. The summed E-state index contributed by atoms with van der Waals surface area (Å²) in [6, 6.07) is 10.8. The van der Waals surface area contributed by atoms with Gasteiger partial charge in [0.2, 0.25) is 0 Å². The van der Waals surface area contributed by atoms with Crippen molar-refractivity contribution in [2.45, 2.75) is 25.8 Å². The average Bonchev–Trinajstić information content (AvgIpc) is 3.12. The van der Waals surface area contributed by atoms with Gasteiger partial charge in [-0.3, -0.25) is 14.4 Å². The Morgan fingerprint density at radius 1 is 1.08 bits per heavy atom. The Hall–Kier alpha value is -2.47. The molecule has 0 saturated carbocycles. The number of rotatable bonds is 6. The summed E-state index contributed by atoms with van der Waals surface area (Å²) >= 11 is 1.71. The van der Waals surface area contributed by atoms with Crippen molar-refractivity contribution in [2.24, 2.45) is 0 Å². The first-order valence-electron chi connectivity index (χ1n) is 8.20. The number of hydrogen-bond acceptors (Lipinski definition) is 5. The molecule has 0 spiro atoms. The van der Waals surface area contributed by atoms with Crippen molar-refractivity contribution >= 4 is 29.0 Å². The van der Waals surface area contributed by atoms with Crippen LogP contribution in [0.2, 0.25) is 0 Å². The van der Waals surface area contributed by atoms with E-state index in [9.17, 15) is 14.4 Å². The summed E-state index contributed by atoms with van der Waals surface area (Å²) in [5, 5.41) is 2.03. The number of hydrogen-bond donors (Lipinski definition) is 0. The minimum Gasteiger partial charge on any atom is -0.456 e. The lowest BCUT2D eigenvalue weighted by atomic mass is 10.1. The van der Waals surface area contributed by atoms with Crippen molar-refractivity contribution in [3.8, 4) is 0 Å². The maximum atomic E-state index is 12.2. The Morgan fingerprint density at radius 3 is 2.68 bits per heavy atom. The zero-order valence-corrected chi connectivity index (χ0v) is 14.6. The van der Waals surface area contributed by atoms with Crippen LogP contribution in [0.25, 0.3) is 0 Å². The Kier molecular flexibility index (Phi) is 5.60. The molecule has 25 heavy (non-hydrogen) atoms. The lowest BCUT2D eigenvalue weighted by Gasteiger charge is -2.26. The molecule has 1 aliphatic rings. The standard InChI is InChI=1S/C19H19NO4S/c21-16(14-4-2-1-3-5-14)6-7-19(23)24-13-18(22)20-10-8-17-15(12-20)9-11-25-17/h1-5,9,11H,6-8,10,12-13H2. The molecule has 1 amide bonds. The van der Waals surface area contributed by atoms with Crippen LogP contribution >= 0.6 is 11.3 Å². The number of ether oxygens (including phenoxy) is 1. The Bertz CT molecular complexity index is 769. The van der Waals surface area contributed by atoms with Gasteiger partial charge < -0.3 is 9.64 Å². The molecule has 0 aliphatic carbocycles. The van der Waals surface area contributed by atoms with Crippen LogP contribution in [0.4, 0.5) is 0 Å². The van der Waals surface area contributed by atoms with E-state index in [4.69, 9.17) is 4.74 Å². The molecule has 6 heteroatoms. The number of ketones is 1. The van der Waals surface area contributed by atoms with Crippen LogP contribution < -0.4 is 0 Å². The molecule has 3 rings (SSSR count). The molecular weight excluding hydrogens is 338 g/mol. The van der Waals surface area contributed by atoms with Gasteiger partial charge in [0.05, 0.1) is 6.42 Å². The predicted octanol–water partition coefficient (Wildman–Crippen LogP) is 2.84. The number of Topliss-reactive ketones (excluding diaryl/α,β-unsaturated/α-hetero) is 1. The molecule has 0 saturated heterocycles. The molecule has 2 aromatic rings. The van der Waals surface area contributed by atoms with Crippen LogP contribution in [0.15, 0.2) is 41.8 Å². The highest BCUT2D eigenvalue weighted by Crippen LogP contribution is 2.23. The molecule has 0 atom stereocenters. The SMILES string of the molecule is O=C(CCC(=O)c1ccccc1)OCC(=O)N1CCc2sccc2C1. The van der Waals surface area contributed by atoms with E-state index in [2.05, 4.69) is 0 Å². The molecule has 1 aromatic heterocycles. The van der Waals surface area contributed by atoms with E-state index < -0.39 is 5.97 Å². The van der Waals surface area contributed by atoms with Crippen LogP contribution in [0.3, 0.4) is 0 Å². The maximum Gasteiger partial charge on any atom is 0.306 e. The average molecular weight is 357 g/mol. The second-order valence-corrected chi connectivity index (χ2v) is 6.88. The molecule has 5 nitrogen and oxygen atoms in total. The molecule has 1 aliphatic heterocycles. The Morgan fingerprint density at radius 2 is 1.88 bits per heavy atom. The summed E-state index contributed by atoms with van der Waals surface area (Å²) in [7, 11) is 0. The first-order valence-corrected chi connectivity index (χ1v) is 9.08. The second-order valence-electron chi connectivity index (χ2n) is 5.88. The number of amides is 1. The quantitative estimate of drug-likeness (QED) is 0.589. The van der Waals surface area contributed by atoms with E-state index >= 15 is 0 Å². The second kappa shape index (κ2) is 8.07. The molecule has 1 aromatic carbocycles. The van der Waals surface area contributed by atoms with Gasteiger partial charge in [-0.2, -0.15) is 0 Å². The van der Waals surface area contributed by atoms with Gasteiger partial charge in [-0.05, 0) is 23.4 Å². The number of thiophene rings is 1. The third-order valence-electron chi connectivity index (χ3n) is 4.17. The smallest absolute Gasteiger partial charge is 0.306 e. The number of nitrogens with zero attached hydrogens (tertiary/aromatic N) is 1. The number of esters is 1. The van der Waals surface area contributed by atoms with Gasteiger partial charge in [0.25, 0.3) is 5.91 Å². The fourth-order valence-corrected chi connectivity index (χ4v) is 3.64. The van der Waals surface area contributed by atoms with E-state index in [1.165, 1.54) is 10.4 Å². The Labute approximate surface area is 150 Å². The van der Waals surface area contributed by atoms with Crippen molar-refractivity contribution in [2.75, 3.05) is 13.2 Å². The van der Waals surface area contributed by atoms with Gasteiger partial charge in [0, 0.05) is 30.0 Å². The van der Waals surface area contributed by atoms with Gasteiger partial charge in [0.15, 0.2) is 12.4 Å². The van der Waals surface area contributed by atoms with Gasteiger partial charge in [0.1, 0.15) is 0 Å². The number of fused-ring (bicyclic) bond motifs is 1. The van der Waals surface area contributed by atoms with Crippen molar-refractivity contribution < 1.29 is 19.1 Å². The van der Waals surface area contributed by atoms with Crippen LogP contribution in [0.1, 0.15) is 33.6 Å². The Balaban J connectivity index is 1.40.